The van der Waals surface area contributed by atoms with E-state index in [9.17, 15) is 0 Å². The van der Waals surface area contributed by atoms with Crippen LogP contribution in [0.2, 0.25) is 0 Å². The molecule has 110 valence electrons. The second kappa shape index (κ2) is 7.43. The Bertz CT molecular complexity index is 727. The Labute approximate surface area is 140 Å². The van der Waals surface area contributed by atoms with E-state index >= 15 is 0 Å². The largest absolute Gasteiger partial charge is 0.388 e. The van der Waals surface area contributed by atoms with Gasteiger partial charge in [-0.2, -0.15) is 0 Å². The van der Waals surface area contributed by atoms with E-state index < -0.39 is 0 Å². The second-order valence-corrected chi connectivity index (χ2v) is 6.97. The molecule has 0 aliphatic rings. The molecule has 0 aromatic heterocycles. The standard InChI is InChI=1S/C19H17NS2/c1-20-15-12-13-18(21-16-8-4-2-5-9-16)19(14-15)22-17-10-6-3-7-11-17/h2-14,20H,1H3. The van der Waals surface area contributed by atoms with Gasteiger partial charge in [-0.3, -0.25) is 0 Å². The van der Waals surface area contributed by atoms with E-state index in [-0.39, 0.29) is 0 Å². The molecule has 3 aromatic rings. The molecule has 0 unspecified atom stereocenters. The lowest BCUT2D eigenvalue weighted by Crippen LogP contribution is -1.89. The lowest BCUT2D eigenvalue weighted by molar-refractivity contribution is 1.23. The predicted molar refractivity (Wildman–Crippen MR) is 97.1 cm³/mol. The van der Waals surface area contributed by atoms with Crippen molar-refractivity contribution in [3.8, 4) is 0 Å². The molecule has 0 bridgehead atoms. The molecule has 22 heavy (non-hydrogen) atoms. The first kappa shape index (κ1) is 15.1. The fourth-order valence-electron chi connectivity index (χ4n) is 2.06. The van der Waals surface area contributed by atoms with E-state index in [2.05, 4.69) is 72.0 Å². The van der Waals surface area contributed by atoms with Crippen LogP contribution < -0.4 is 5.32 Å². The zero-order valence-electron chi connectivity index (χ0n) is 12.3. The molecule has 0 amide bonds. The van der Waals surface area contributed by atoms with Crippen LogP contribution >= 0.6 is 23.5 Å². The highest BCUT2D eigenvalue weighted by Crippen LogP contribution is 2.40. The Morgan fingerprint density at radius 3 is 1.73 bits per heavy atom. The summed E-state index contributed by atoms with van der Waals surface area (Å²) in [6.07, 6.45) is 0. The summed E-state index contributed by atoms with van der Waals surface area (Å²) in [4.78, 5) is 5.06. The van der Waals surface area contributed by atoms with Crippen molar-refractivity contribution < 1.29 is 0 Å². The first-order valence-corrected chi connectivity index (χ1v) is 8.76. The quantitative estimate of drug-likeness (QED) is 0.615. The number of nitrogens with one attached hydrogen (secondary N) is 1. The first-order chi connectivity index (χ1) is 10.8. The SMILES string of the molecule is CNc1ccc(Sc2ccccc2)c(Sc2ccccc2)c1. The van der Waals surface area contributed by atoms with Crippen LogP contribution in [0.5, 0.6) is 0 Å². The number of benzene rings is 3. The van der Waals surface area contributed by atoms with Gasteiger partial charge in [-0.25, -0.2) is 0 Å². The molecule has 0 aliphatic heterocycles. The van der Waals surface area contributed by atoms with Gasteiger partial charge >= 0.3 is 0 Å². The van der Waals surface area contributed by atoms with Crippen LogP contribution in [0.1, 0.15) is 0 Å². The van der Waals surface area contributed by atoms with Gasteiger partial charge in [-0.05, 0) is 42.5 Å². The van der Waals surface area contributed by atoms with Crippen molar-refractivity contribution in [3.05, 3.63) is 78.9 Å². The molecule has 0 fully saturated rings. The summed E-state index contributed by atoms with van der Waals surface area (Å²) < 4.78 is 0. The van der Waals surface area contributed by atoms with Gasteiger partial charge in [-0.15, -0.1) is 0 Å². The molecule has 0 radical (unpaired) electrons. The molecule has 1 nitrogen and oxygen atoms in total. The Kier molecular flexibility index (Phi) is 5.09. The average Bonchev–Trinajstić information content (AvgIpc) is 2.58. The summed E-state index contributed by atoms with van der Waals surface area (Å²) in [6.45, 7) is 0. The summed E-state index contributed by atoms with van der Waals surface area (Å²) in [7, 11) is 1.95. The van der Waals surface area contributed by atoms with Gasteiger partial charge in [0.05, 0.1) is 0 Å². The zero-order valence-corrected chi connectivity index (χ0v) is 14.0. The molecule has 0 saturated heterocycles. The Hall–Kier alpha value is -1.84. The molecule has 0 heterocycles. The highest BCUT2D eigenvalue weighted by atomic mass is 32.2. The van der Waals surface area contributed by atoms with Crippen molar-refractivity contribution in [3.63, 3.8) is 0 Å². The monoisotopic (exact) mass is 323 g/mol. The van der Waals surface area contributed by atoms with E-state index in [1.165, 1.54) is 19.6 Å². The van der Waals surface area contributed by atoms with Crippen LogP contribution in [0, 0.1) is 0 Å². The van der Waals surface area contributed by atoms with Crippen molar-refractivity contribution in [2.45, 2.75) is 19.6 Å². The number of hydrogen-bond donors (Lipinski definition) is 1. The third-order valence-corrected chi connectivity index (χ3v) is 5.45. The van der Waals surface area contributed by atoms with Gasteiger partial charge in [0.25, 0.3) is 0 Å². The van der Waals surface area contributed by atoms with Crippen molar-refractivity contribution >= 4 is 29.2 Å². The van der Waals surface area contributed by atoms with Gasteiger partial charge in [0, 0.05) is 32.3 Å². The van der Waals surface area contributed by atoms with E-state index in [0.29, 0.717) is 0 Å². The summed E-state index contributed by atoms with van der Waals surface area (Å²) >= 11 is 3.61. The third-order valence-electron chi connectivity index (χ3n) is 3.17. The summed E-state index contributed by atoms with van der Waals surface area (Å²) in [5.74, 6) is 0. The molecular formula is C19H17NS2. The molecular weight excluding hydrogens is 306 g/mol. The van der Waals surface area contributed by atoms with E-state index in [1.54, 1.807) is 23.5 Å². The maximum Gasteiger partial charge on any atom is 0.0349 e. The van der Waals surface area contributed by atoms with Crippen molar-refractivity contribution in [1.29, 1.82) is 0 Å². The molecule has 0 aliphatic carbocycles. The summed E-state index contributed by atoms with van der Waals surface area (Å²) in [5.41, 5.74) is 1.14. The molecule has 3 heteroatoms. The molecule has 0 spiro atoms. The van der Waals surface area contributed by atoms with Gasteiger partial charge in [-0.1, -0.05) is 59.9 Å². The lowest BCUT2D eigenvalue weighted by Gasteiger charge is -2.11. The van der Waals surface area contributed by atoms with Crippen molar-refractivity contribution in [1.82, 2.24) is 0 Å². The number of anilines is 1. The highest BCUT2D eigenvalue weighted by Gasteiger charge is 2.07. The zero-order chi connectivity index (χ0) is 15.2. The van der Waals surface area contributed by atoms with Crippen LogP contribution in [0.15, 0.2) is 98.4 Å². The van der Waals surface area contributed by atoms with E-state index in [1.807, 2.05) is 19.2 Å². The van der Waals surface area contributed by atoms with Gasteiger partial charge in [0.15, 0.2) is 0 Å². The molecule has 0 saturated carbocycles. The van der Waals surface area contributed by atoms with E-state index in [4.69, 9.17) is 0 Å². The molecule has 3 aromatic carbocycles. The van der Waals surface area contributed by atoms with E-state index in [0.717, 1.165) is 5.69 Å². The first-order valence-electron chi connectivity index (χ1n) is 7.13. The van der Waals surface area contributed by atoms with Crippen molar-refractivity contribution in [2.75, 3.05) is 12.4 Å². The fraction of sp³-hybridized carbons (Fsp3) is 0.0526. The van der Waals surface area contributed by atoms with Crippen molar-refractivity contribution in [2.24, 2.45) is 0 Å². The Balaban J connectivity index is 1.91. The fourth-order valence-corrected chi connectivity index (χ4v) is 4.05. The Morgan fingerprint density at radius 2 is 1.18 bits per heavy atom. The van der Waals surface area contributed by atoms with Gasteiger partial charge in [0.2, 0.25) is 0 Å². The predicted octanol–water partition coefficient (Wildman–Crippen LogP) is 6.03. The van der Waals surface area contributed by atoms with Crippen LogP contribution in [-0.4, -0.2) is 7.05 Å². The minimum Gasteiger partial charge on any atom is -0.388 e. The maximum atomic E-state index is 3.22. The van der Waals surface area contributed by atoms with Gasteiger partial charge < -0.3 is 5.32 Å². The number of hydrogen-bond acceptors (Lipinski definition) is 3. The third kappa shape index (κ3) is 3.87. The number of rotatable bonds is 5. The van der Waals surface area contributed by atoms with Crippen LogP contribution in [0.3, 0.4) is 0 Å². The smallest absolute Gasteiger partial charge is 0.0349 e. The summed E-state index contributed by atoms with van der Waals surface area (Å²) in [5, 5.41) is 3.22. The normalized spacial score (nSPS) is 10.4. The maximum absolute atomic E-state index is 3.22. The average molecular weight is 323 g/mol. The minimum absolute atomic E-state index is 1.14. The molecule has 3 rings (SSSR count). The summed E-state index contributed by atoms with van der Waals surface area (Å²) in [6, 6.07) is 27.5. The molecule has 0 atom stereocenters. The minimum atomic E-state index is 1.14. The second-order valence-electron chi connectivity index (χ2n) is 4.74. The van der Waals surface area contributed by atoms with Crippen LogP contribution in [0.25, 0.3) is 0 Å². The van der Waals surface area contributed by atoms with Crippen LogP contribution in [-0.2, 0) is 0 Å². The van der Waals surface area contributed by atoms with Gasteiger partial charge in [0.1, 0.15) is 0 Å². The van der Waals surface area contributed by atoms with Crippen LogP contribution in [0.4, 0.5) is 5.69 Å². The lowest BCUT2D eigenvalue weighted by atomic mass is 10.3. The Morgan fingerprint density at radius 1 is 0.636 bits per heavy atom. The topological polar surface area (TPSA) is 12.0 Å². The highest BCUT2D eigenvalue weighted by molar-refractivity contribution is 8.02. The molecule has 1 N–H and O–H groups in total.